The maximum absolute atomic E-state index is 9.14. The Morgan fingerprint density at radius 2 is 1.60 bits per heavy atom. The fourth-order valence-electron chi connectivity index (χ4n) is 1.78. The van der Waals surface area contributed by atoms with Crippen molar-refractivity contribution in [3.63, 3.8) is 0 Å². The van der Waals surface area contributed by atoms with Crippen LogP contribution in [0, 0.1) is 27.3 Å². The van der Waals surface area contributed by atoms with Crippen molar-refractivity contribution in [3.8, 4) is 17.8 Å². The first-order chi connectivity index (χ1) is 9.51. The van der Waals surface area contributed by atoms with Gasteiger partial charge in [0, 0.05) is 10.7 Å². The number of nitrogens with two attached hydrogens (primary N) is 2. The molecule has 1 aromatic heterocycles. The number of hydrogen-bond donors (Lipinski definition) is 2. The summed E-state index contributed by atoms with van der Waals surface area (Å²) in [7, 11) is 0. The van der Waals surface area contributed by atoms with Gasteiger partial charge in [0.2, 0.25) is 0 Å². The van der Waals surface area contributed by atoms with E-state index in [0.717, 1.165) is 0 Å². The zero-order chi connectivity index (χ0) is 14.9. The van der Waals surface area contributed by atoms with Gasteiger partial charge < -0.3 is 11.5 Å². The highest BCUT2D eigenvalue weighted by Gasteiger charge is 2.17. The predicted octanol–water partition coefficient (Wildman–Crippen LogP) is 2.77. The van der Waals surface area contributed by atoms with Gasteiger partial charge in [-0.15, -0.1) is 0 Å². The molecule has 0 atom stereocenters. The lowest BCUT2D eigenvalue weighted by Gasteiger charge is -2.15. The summed E-state index contributed by atoms with van der Waals surface area (Å²) in [6, 6.07) is 10.5. The van der Waals surface area contributed by atoms with Crippen molar-refractivity contribution in [2.24, 2.45) is 0 Å². The third-order valence-electron chi connectivity index (χ3n) is 2.76. The fraction of sp³-hybridized carbons (Fsp3) is 0. The van der Waals surface area contributed by atoms with Crippen LogP contribution in [0.2, 0.25) is 5.02 Å². The van der Waals surface area contributed by atoms with E-state index >= 15 is 0 Å². The Hall–Kier alpha value is -2.54. The van der Waals surface area contributed by atoms with E-state index in [2.05, 4.69) is 0 Å². The van der Waals surface area contributed by atoms with E-state index in [9.17, 15) is 0 Å². The quantitative estimate of drug-likeness (QED) is 0.788. The van der Waals surface area contributed by atoms with E-state index in [1.165, 1.54) is 4.57 Å². The summed E-state index contributed by atoms with van der Waals surface area (Å²) in [4.78, 5) is 0. The van der Waals surface area contributed by atoms with Gasteiger partial charge in [-0.1, -0.05) is 23.8 Å². The van der Waals surface area contributed by atoms with Crippen LogP contribution in [0.15, 0.2) is 24.3 Å². The molecule has 20 heavy (non-hydrogen) atoms. The monoisotopic (exact) mass is 301 g/mol. The number of aromatic nitrogens is 1. The number of anilines is 2. The van der Waals surface area contributed by atoms with Gasteiger partial charge in [0.25, 0.3) is 0 Å². The van der Waals surface area contributed by atoms with Crippen LogP contribution in [0.5, 0.6) is 0 Å². The van der Waals surface area contributed by atoms with Crippen LogP contribution in [-0.2, 0) is 0 Å². The molecule has 0 radical (unpaired) electrons. The molecule has 0 aliphatic carbocycles. The average molecular weight is 302 g/mol. The van der Waals surface area contributed by atoms with Crippen LogP contribution >= 0.6 is 23.8 Å². The van der Waals surface area contributed by atoms with Crippen molar-refractivity contribution in [2.75, 3.05) is 11.5 Å². The number of halogens is 1. The second kappa shape index (κ2) is 5.22. The van der Waals surface area contributed by atoms with E-state index in [-0.39, 0.29) is 27.3 Å². The molecular formula is C13H8ClN5S. The molecule has 0 amide bonds. The summed E-state index contributed by atoms with van der Waals surface area (Å²) in [5.41, 5.74) is 12.4. The van der Waals surface area contributed by atoms with Crippen LogP contribution in [0.4, 0.5) is 11.5 Å². The van der Waals surface area contributed by atoms with E-state index in [0.29, 0.717) is 10.7 Å². The Balaban J connectivity index is 2.91. The minimum absolute atomic E-state index is 0.00251. The lowest BCUT2D eigenvalue weighted by Crippen LogP contribution is -2.12. The summed E-state index contributed by atoms with van der Waals surface area (Å²) in [6.07, 6.45) is 0. The van der Waals surface area contributed by atoms with E-state index in [4.69, 9.17) is 45.8 Å². The summed E-state index contributed by atoms with van der Waals surface area (Å²) < 4.78 is 1.59. The molecule has 0 spiro atoms. The van der Waals surface area contributed by atoms with Crippen LogP contribution in [-0.4, -0.2) is 4.57 Å². The number of rotatable bonds is 1. The molecule has 5 nitrogen and oxygen atoms in total. The Morgan fingerprint density at radius 3 is 2.10 bits per heavy atom. The zero-order valence-corrected chi connectivity index (χ0v) is 11.7. The Morgan fingerprint density at radius 1 is 1.05 bits per heavy atom. The van der Waals surface area contributed by atoms with Crippen molar-refractivity contribution >= 4 is 35.3 Å². The normalized spacial score (nSPS) is 9.75. The molecule has 2 rings (SSSR count). The van der Waals surface area contributed by atoms with E-state index < -0.39 is 0 Å². The highest BCUT2D eigenvalue weighted by atomic mass is 35.5. The van der Waals surface area contributed by atoms with Crippen molar-refractivity contribution in [1.82, 2.24) is 4.57 Å². The third-order valence-corrected chi connectivity index (χ3v) is 3.40. The lowest BCUT2D eigenvalue weighted by atomic mass is 10.1. The first-order valence-electron chi connectivity index (χ1n) is 5.41. The lowest BCUT2D eigenvalue weighted by molar-refractivity contribution is 1.03. The highest BCUT2D eigenvalue weighted by Crippen LogP contribution is 2.28. The first-order valence-corrected chi connectivity index (χ1v) is 6.20. The molecule has 0 aliphatic rings. The maximum Gasteiger partial charge on any atom is 0.132 e. The van der Waals surface area contributed by atoms with Gasteiger partial charge in [-0.3, -0.25) is 4.57 Å². The first kappa shape index (κ1) is 13.9. The molecule has 0 bridgehead atoms. The van der Waals surface area contributed by atoms with Crippen molar-refractivity contribution in [2.45, 2.75) is 0 Å². The maximum atomic E-state index is 9.14. The molecule has 1 aromatic carbocycles. The number of benzene rings is 1. The molecule has 4 N–H and O–H groups in total. The second-order valence-electron chi connectivity index (χ2n) is 3.89. The number of nitrogens with zero attached hydrogens (tertiary/aromatic N) is 3. The van der Waals surface area contributed by atoms with Crippen LogP contribution in [0.25, 0.3) is 5.69 Å². The van der Waals surface area contributed by atoms with Crippen molar-refractivity contribution in [1.29, 1.82) is 10.5 Å². The van der Waals surface area contributed by atoms with Gasteiger partial charge in [0.1, 0.15) is 33.7 Å². The SMILES string of the molecule is N#Cc1c(N)c(C#N)c(=S)n(-c2ccc(Cl)cc2)c1N. The second-order valence-corrected chi connectivity index (χ2v) is 4.71. The van der Waals surface area contributed by atoms with Crippen LogP contribution in [0.3, 0.4) is 0 Å². The van der Waals surface area contributed by atoms with Crippen molar-refractivity contribution < 1.29 is 0 Å². The van der Waals surface area contributed by atoms with Crippen LogP contribution in [0.1, 0.15) is 11.1 Å². The molecule has 0 aliphatic heterocycles. The van der Waals surface area contributed by atoms with Gasteiger partial charge in [-0.05, 0) is 24.3 Å². The third kappa shape index (κ3) is 2.08. The largest absolute Gasteiger partial charge is 0.396 e. The summed E-state index contributed by atoms with van der Waals surface area (Å²) in [5, 5.41) is 18.8. The highest BCUT2D eigenvalue weighted by molar-refractivity contribution is 7.71. The molecule has 2 aromatic rings. The Kier molecular flexibility index (Phi) is 3.62. The molecule has 0 unspecified atom stereocenters. The average Bonchev–Trinajstić information content (AvgIpc) is 2.42. The standard InChI is InChI=1S/C13H8ClN5S/c14-7-1-3-8(4-2-7)19-12(18)9(5-15)11(17)10(6-16)13(19)20/h1-4H,17-18H2. The predicted molar refractivity (Wildman–Crippen MR) is 79.9 cm³/mol. The molecule has 1 heterocycles. The van der Waals surface area contributed by atoms with Gasteiger partial charge in [0.05, 0.1) is 5.69 Å². The van der Waals surface area contributed by atoms with Gasteiger partial charge >= 0.3 is 0 Å². The summed E-state index contributed by atoms with van der Waals surface area (Å²) >= 11 is 11.1. The fourth-order valence-corrected chi connectivity index (χ4v) is 2.27. The molecule has 0 saturated heterocycles. The van der Waals surface area contributed by atoms with E-state index in [1.807, 2.05) is 12.1 Å². The minimum atomic E-state index is 0.00251. The number of pyridine rings is 1. The van der Waals surface area contributed by atoms with Gasteiger partial charge in [-0.2, -0.15) is 10.5 Å². The smallest absolute Gasteiger partial charge is 0.132 e. The number of nitriles is 2. The molecule has 0 saturated carbocycles. The summed E-state index contributed by atoms with van der Waals surface area (Å²) in [6.45, 7) is 0. The molecule has 0 fully saturated rings. The molecule has 98 valence electrons. The van der Waals surface area contributed by atoms with Crippen molar-refractivity contribution in [3.05, 3.63) is 45.1 Å². The topological polar surface area (TPSA) is 105 Å². The molecular weight excluding hydrogens is 294 g/mol. The van der Waals surface area contributed by atoms with Crippen LogP contribution < -0.4 is 11.5 Å². The number of nitrogen functional groups attached to an aromatic ring is 2. The summed E-state index contributed by atoms with van der Waals surface area (Å²) in [5.74, 6) is 0.0938. The van der Waals surface area contributed by atoms with Gasteiger partial charge in [-0.25, -0.2) is 0 Å². The Labute approximate surface area is 125 Å². The Bertz CT molecular complexity index is 824. The zero-order valence-electron chi connectivity index (χ0n) is 10.1. The minimum Gasteiger partial charge on any atom is -0.396 e. The number of hydrogen-bond acceptors (Lipinski definition) is 5. The molecule has 7 heteroatoms. The van der Waals surface area contributed by atoms with Gasteiger partial charge in [0.15, 0.2) is 0 Å². The van der Waals surface area contributed by atoms with E-state index in [1.54, 1.807) is 24.3 Å².